The molecule has 1 aliphatic carbocycles. The summed E-state index contributed by atoms with van der Waals surface area (Å²) in [5.41, 5.74) is 3.09. The summed E-state index contributed by atoms with van der Waals surface area (Å²) in [5.74, 6) is 2.15. The minimum Gasteiger partial charge on any atom is -0.464 e. The second kappa shape index (κ2) is 10.5. The van der Waals surface area contributed by atoms with Crippen molar-refractivity contribution >= 4 is 28.7 Å². The van der Waals surface area contributed by atoms with Crippen LogP contribution in [-0.4, -0.2) is 26.9 Å². The van der Waals surface area contributed by atoms with Gasteiger partial charge in [-0.2, -0.15) is 0 Å². The summed E-state index contributed by atoms with van der Waals surface area (Å²) in [4.78, 5) is 32.9. The van der Waals surface area contributed by atoms with Gasteiger partial charge in [0.05, 0.1) is 23.3 Å². The van der Waals surface area contributed by atoms with E-state index in [4.69, 9.17) is 4.42 Å². The monoisotopic (exact) mass is 473 g/mol. The number of nitrogens with zero attached hydrogens (tertiary/aromatic N) is 2. The van der Waals surface area contributed by atoms with Crippen LogP contribution in [0.25, 0.3) is 17.4 Å². The van der Waals surface area contributed by atoms with Crippen molar-refractivity contribution in [1.82, 2.24) is 15.3 Å². The Morgan fingerprint density at radius 1 is 1.06 bits per heavy atom. The average Bonchev–Trinajstić information content (AvgIpc) is 3.49. The van der Waals surface area contributed by atoms with Crippen LogP contribution in [0.15, 0.2) is 64.2 Å². The normalized spacial score (nSPS) is 21.9. The number of carbonyl (C=O) groups excluding carboxylic acids is 2. The molecule has 0 bridgehead atoms. The molecule has 1 N–H and O–H groups in total. The molecule has 1 aliphatic heterocycles. The van der Waals surface area contributed by atoms with Crippen LogP contribution in [0.4, 0.5) is 0 Å². The van der Waals surface area contributed by atoms with Gasteiger partial charge in [-0.05, 0) is 73.2 Å². The van der Waals surface area contributed by atoms with Gasteiger partial charge in [0.15, 0.2) is 5.78 Å². The molecule has 1 aromatic carbocycles. The second-order valence-electron chi connectivity index (χ2n) is 8.92. The Kier molecular flexibility index (Phi) is 7.02. The molecule has 1 saturated carbocycles. The molecule has 0 radical (unpaired) electrons. The fourth-order valence-corrected chi connectivity index (χ4v) is 5.52. The molecule has 0 atom stereocenters. The molecular weight excluding hydrogens is 446 g/mol. The Morgan fingerprint density at radius 3 is 2.68 bits per heavy atom. The highest BCUT2D eigenvalue weighted by atomic mass is 32.2. The van der Waals surface area contributed by atoms with Gasteiger partial charge in [0, 0.05) is 30.8 Å². The van der Waals surface area contributed by atoms with Crippen molar-refractivity contribution in [3.8, 4) is 11.3 Å². The Bertz CT molecular complexity index is 1200. The van der Waals surface area contributed by atoms with Gasteiger partial charge in [-0.1, -0.05) is 24.3 Å². The van der Waals surface area contributed by atoms with Crippen LogP contribution < -0.4 is 5.32 Å². The van der Waals surface area contributed by atoms with E-state index in [0.717, 1.165) is 67.6 Å². The van der Waals surface area contributed by atoms with Crippen LogP contribution in [0.5, 0.6) is 0 Å². The maximum atomic E-state index is 11.9. The second-order valence-corrected chi connectivity index (χ2v) is 10.0. The number of thioether (sulfide) groups is 1. The molecule has 174 valence electrons. The van der Waals surface area contributed by atoms with Crippen LogP contribution in [0.3, 0.4) is 0 Å². The van der Waals surface area contributed by atoms with E-state index < -0.39 is 0 Å². The van der Waals surface area contributed by atoms with Gasteiger partial charge in [-0.25, -0.2) is 9.97 Å². The Labute approximate surface area is 203 Å². The minimum absolute atomic E-state index is 0.0137. The number of nitrogens with one attached hydrogen (secondary N) is 1. The first-order valence-corrected chi connectivity index (χ1v) is 12.6. The van der Waals surface area contributed by atoms with Gasteiger partial charge in [-0.15, -0.1) is 0 Å². The highest BCUT2D eigenvalue weighted by Gasteiger charge is 2.26. The number of furan rings is 1. The van der Waals surface area contributed by atoms with Crippen LogP contribution in [0.2, 0.25) is 0 Å². The zero-order valence-corrected chi connectivity index (χ0v) is 19.7. The first kappa shape index (κ1) is 22.7. The van der Waals surface area contributed by atoms with E-state index in [1.165, 1.54) is 5.56 Å². The minimum atomic E-state index is -0.118. The third-order valence-corrected chi connectivity index (χ3v) is 7.45. The van der Waals surface area contributed by atoms with Crippen LogP contribution in [0, 0.1) is 5.92 Å². The van der Waals surface area contributed by atoms with Gasteiger partial charge in [0.25, 0.3) is 0 Å². The summed E-state index contributed by atoms with van der Waals surface area (Å²) in [6.45, 7) is 0.825. The number of rotatable bonds is 7. The molecule has 3 aromatic rings. The lowest BCUT2D eigenvalue weighted by molar-refractivity contribution is -0.119. The van der Waals surface area contributed by atoms with E-state index in [0.29, 0.717) is 22.6 Å². The van der Waals surface area contributed by atoms with E-state index in [1.54, 1.807) is 24.6 Å². The summed E-state index contributed by atoms with van der Waals surface area (Å²) >= 11 is 1.01. The third-order valence-electron chi connectivity index (χ3n) is 6.51. The van der Waals surface area contributed by atoms with Crippen molar-refractivity contribution in [3.05, 3.63) is 76.9 Å². The van der Waals surface area contributed by atoms with E-state index in [1.807, 2.05) is 18.2 Å². The lowest BCUT2D eigenvalue weighted by atomic mass is 9.84. The molecule has 3 heterocycles. The number of benzene rings is 1. The highest BCUT2D eigenvalue weighted by molar-refractivity contribution is 8.18. The zero-order chi connectivity index (χ0) is 23.3. The smallest absolute Gasteiger partial charge is 0.201 e. The number of hydrogen-bond donors (Lipinski definition) is 1. The predicted molar refractivity (Wildman–Crippen MR) is 133 cm³/mol. The van der Waals surface area contributed by atoms with Gasteiger partial charge >= 0.3 is 0 Å². The molecule has 5 rings (SSSR count). The summed E-state index contributed by atoms with van der Waals surface area (Å²) < 4.78 is 5.60. The van der Waals surface area contributed by atoms with Crippen molar-refractivity contribution < 1.29 is 14.0 Å². The number of hydrogen-bond acceptors (Lipinski definition) is 7. The van der Waals surface area contributed by atoms with Gasteiger partial charge < -0.3 is 9.73 Å². The average molecular weight is 474 g/mol. The number of allylic oxidation sites excluding steroid dienone is 1. The molecule has 34 heavy (non-hydrogen) atoms. The van der Waals surface area contributed by atoms with Crippen LogP contribution in [0.1, 0.15) is 49.2 Å². The number of ketones is 1. The fraction of sp³-hybridized carbons (Fsp3) is 0.333. The Hall–Kier alpha value is -3.03. The number of Topliss-reactive ketones (excluding diaryl/α,β-unsaturated/α-hetero) is 1. The Morgan fingerprint density at radius 2 is 1.91 bits per heavy atom. The largest absolute Gasteiger partial charge is 0.464 e. The van der Waals surface area contributed by atoms with Gasteiger partial charge in [-0.3, -0.25) is 9.59 Å². The molecule has 1 saturated heterocycles. The van der Waals surface area contributed by atoms with Gasteiger partial charge in [0.1, 0.15) is 11.6 Å². The summed E-state index contributed by atoms with van der Waals surface area (Å²) in [6, 6.07) is 14.6. The molecule has 2 fully saturated rings. The first-order valence-electron chi connectivity index (χ1n) is 11.8. The highest BCUT2D eigenvalue weighted by Crippen LogP contribution is 2.31. The fourth-order valence-electron chi connectivity index (χ4n) is 4.70. The lowest BCUT2D eigenvalue weighted by Gasteiger charge is -2.29. The van der Waals surface area contributed by atoms with Gasteiger partial charge in [0.2, 0.25) is 5.12 Å². The molecule has 2 aromatic heterocycles. The molecule has 7 heteroatoms. The Balaban J connectivity index is 1.13. The van der Waals surface area contributed by atoms with E-state index in [9.17, 15) is 9.59 Å². The summed E-state index contributed by atoms with van der Waals surface area (Å²) in [6.07, 6.45) is 10.5. The standard InChI is InChI=1S/C27H27N3O3S/c31-23-16-27(32)34-25(23)15-21-11-12-28-26(30-21)14-18-7-9-20(10-8-18)29-17-19-4-1-2-5-22(19)24-6-3-13-33-24/h1-6,11-13,15,18,20,29H,7-10,14,16-17H2/b25-15-. The van der Waals surface area contributed by atoms with Crippen molar-refractivity contribution in [2.75, 3.05) is 0 Å². The SMILES string of the molecule is O=C1CC(=O)/C(=C/c2ccnc(CC3CCC(NCc4ccccc4-c4ccco4)CC3)n2)S1. The maximum Gasteiger partial charge on any atom is 0.201 e. The zero-order valence-electron chi connectivity index (χ0n) is 18.9. The van der Waals surface area contributed by atoms with Crippen molar-refractivity contribution in [1.29, 1.82) is 0 Å². The van der Waals surface area contributed by atoms with E-state index in [-0.39, 0.29) is 17.3 Å². The predicted octanol–water partition coefficient (Wildman–Crippen LogP) is 5.20. The molecule has 0 amide bonds. The van der Waals surface area contributed by atoms with Crippen LogP contribution in [-0.2, 0) is 22.6 Å². The van der Waals surface area contributed by atoms with Crippen molar-refractivity contribution in [2.45, 2.75) is 51.1 Å². The van der Waals surface area contributed by atoms with Crippen LogP contribution >= 0.6 is 11.8 Å². The number of aromatic nitrogens is 2. The van der Waals surface area contributed by atoms with Crippen molar-refractivity contribution in [2.24, 2.45) is 5.92 Å². The number of carbonyl (C=O) groups is 2. The molecule has 0 spiro atoms. The molecular formula is C27H27N3O3S. The molecule has 2 aliphatic rings. The third kappa shape index (κ3) is 5.54. The summed E-state index contributed by atoms with van der Waals surface area (Å²) in [5, 5.41) is 3.64. The maximum absolute atomic E-state index is 11.9. The molecule has 6 nitrogen and oxygen atoms in total. The lowest BCUT2D eigenvalue weighted by Crippen LogP contribution is -2.33. The topological polar surface area (TPSA) is 85.1 Å². The summed E-state index contributed by atoms with van der Waals surface area (Å²) in [7, 11) is 0. The van der Waals surface area contributed by atoms with E-state index in [2.05, 4.69) is 33.5 Å². The first-order chi connectivity index (χ1) is 16.6. The quantitative estimate of drug-likeness (QED) is 0.373. The molecule has 0 unspecified atom stereocenters. The van der Waals surface area contributed by atoms with E-state index >= 15 is 0 Å². The van der Waals surface area contributed by atoms with Crippen molar-refractivity contribution in [3.63, 3.8) is 0 Å².